The maximum atomic E-state index is 13.0. The summed E-state index contributed by atoms with van der Waals surface area (Å²) >= 11 is 3.52. The largest absolute Gasteiger partial charge is 0.505 e. The van der Waals surface area contributed by atoms with Crippen molar-refractivity contribution in [2.24, 2.45) is 0 Å². The summed E-state index contributed by atoms with van der Waals surface area (Å²) in [5, 5.41) is 11.2. The van der Waals surface area contributed by atoms with Crippen LogP contribution >= 0.6 is 15.9 Å². The molecule has 6 heteroatoms. The smallest absolute Gasteiger partial charge is 0.147 e. The van der Waals surface area contributed by atoms with Gasteiger partial charge in [-0.3, -0.25) is 4.98 Å². The van der Waals surface area contributed by atoms with Crippen LogP contribution in [0.3, 0.4) is 0 Å². The van der Waals surface area contributed by atoms with Crippen molar-refractivity contribution in [1.82, 2.24) is 4.98 Å². The predicted octanol–water partition coefficient (Wildman–Crippen LogP) is 4.90. The van der Waals surface area contributed by atoms with Crippen LogP contribution in [0.25, 0.3) is 10.9 Å². The van der Waals surface area contributed by atoms with Crippen molar-refractivity contribution in [2.75, 3.05) is 6.61 Å². The minimum absolute atomic E-state index is 0.0752. The Bertz CT molecular complexity index is 884. The number of halogens is 2. The van der Waals surface area contributed by atoms with E-state index < -0.39 is 0 Å². The zero-order valence-electron chi connectivity index (χ0n) is 13.6. The highest BCUT2D eigenvalue weighted by Gasteiger charge is 2.13. The minimum Gasteiger partial charge on any atom is -0.505 e. The average molecular weight is 406 g/mol. The van der Waals surface area contributed by atoms with Crippen molar-refractivity contribution < 1.29 is 19.3 Å². The SMILES string of the molecule is CCOOCc1cc(Br)c2cc(Cc3ccc(F)cc3)cnc2c1O. The molecule has 0 aliphatic carbocycles. The minimum atomic E-state index is -0.255. The molecule has 0 fully saturated rings. The number of aromatic hydroxyl groups is 1. The molecule has 3 rings (SSSR count). The molecule has 0 amide bonds. The highest BCUT2D eigenvalue weighted by Crippen LogP contribution is 2.34. The van der Waals surface area contributed by atoms with Crippen molar-refractivity contribution >= 4 is 26.8 Å². The summed E-state index contributed by atoms with van der Waals surface area (Å²) < 4.78 is 13.8. The fourth-order valence-corrected chi connectivity index (χ4v) is 3.14. The van der Waals surface area contributed by atoms with Gasteiger partial charge in [0.05, 0.1) is 6.61 Å². The van der Waals surface area contributed by atoms with Crippen LogP contribution in [0.2, 0.25) is 0 Å². The molecule has 0 atom stereocenters. The molecule has 3 aromatic rings. The van der Waals surface area contributed by atoms with Gasteiger partial charge in [0, 0.05) is 21.6 Å². The summed E-state index contributed by atoms with van der Waals surface area (Å²) in [6, 6.07) is 10.1. The number of aromatic nitrogens is 1. The Morgan fingerprint density at radius 2 is 1.88 bits per heavy atom. The van der Waals surface area contributed by atoms with Gasteiger partial charge in [0.1, 0.15) is 23.7 Å². The van der Waals surface area contributed by atoms with Gasteiger partial charge in [-0.25, -0.2) is 14.2 Å². The van der Waals surface area contributed by atoms with Crippen molar-refractivity contribution in [3.8, 4) is 5.75 Å². The standard InChI is InChI=1S/C19H17BrFNO3/c1-2-24-25-11-14-9-17(20)16-8-13(10-22-18(16)19(14)23)7-12-3-5-15(21)6-4-12/h3-6,8-10,23H,2,7,11H2,1H3. The maximum Gasteiger partial charge on any atom is 0.147 e. The summed E-state index contributed by atoms with van der Waals surface area (Å²) in [6.45, 7) is 2.38. The first-order valence-corrected chi connectivity index (χ1v) is 8.65. The molecule has 0 bridgehead atoms. The molecule has 4 nitrogen and oxygen atoms in total. The van der Waals surface area contributed by atoms with Gasteiger partial charge >= 0.3 is 0 Å². The van der Waals surface area contributed by atoms with Crippen LogP contribution in [0.1, 0.15) is 23.6 Å². The number of fused-ring (bicyclic) bond motifs is 1. The summed E-state index contributed by atoms with van der Waals surface area (Å²) in [5.41, 5.74) is 3.04. The Morgan fingerprint density at radius 1 is 1.12 bits per heavy atom. The van der Waals surface area contributed by atoms with Gasteiger partial charge in [-0.15, -0.1) is 0 Å². The second-order valence-electron chi connectivity index (χ2n) is 5.58. The van der Waals surface area contributed by atoms with E-state index in [0.717, 1.165) is 21.0 Å². The second kappa shape index (κ2) is 7.91. The lowest BCUT2D eigenvalue weighted by Crippen LogP contribution is -1.97. The summed E-state index contributed by atoms with van der Waals surface area (Å²) in [7, 11) is 0. The van der Waals surface area contributed by atoms with Crippen molar-refractivity contribution in [3.05, 3.63) is 69.6 Å². The quantitative estimate of drug-likeness (QED) is 0.360. The Hall–Kier alpha value is -2.02. The number of benzene rings is 2. The molecule has 1 N–H and O–H groups in total. The Morgan fingerprint density at radius 3 is 2.60 bits per heavy atom. The van der Waals surface area contributed by atoms with E-state index in [1.807, 2.05) is 13.0 Å². The molecule has 2 aromatic carbocycles. The van der Waals surface area contributed by atoms with E-state index in [9.17, 15) is 9.50 Å². The molecule has 0 radical (unpaired) electrons. The number of pyridine rings is 1. The van der Waals surface area contributed by atoms with E-state index in [2.05, 4.69) is 20.9 Å². The van der Waals surface area contributed by atoms with Crippen LogP contribution in [0, 0.1) is 5.82 Å². The molecule has 25 heavy (non-hydrogen) atoms. The summed E-state index contributed by atoms with van der Waals surface area (Å²) in [5.74, 6) is -0.180. The number of hydrogen-bond acceptors (Lipinski definition) is 4. The van der Waals surface area contributed by atoms with E-state index in [1.54, 1.807) is 24.4 Å². The van der Waals surface area contributed by atoms with E-state index in [1.165, 1.54) is 12.1 Å². The summed E-state index contributed by atoms with van der Waals surface area (Å²) in [4.78, 5) is 14.3. The third kappa shape index (κ3) is 4.15. The van der Waals surface area contributed by atoms with Gasteiger partial charge in [0.15, 0.2) is 0 Å². The van der Waals surface area contributed by atoms with Crippen LogP contribution in [-0.2, 0) is 22.8 Å². The third-order valence-corrected chi connectivity index (χ3v) is 4.42. The van der Waals surface area contributed by atoms with Gasteiger partial charge in [-0.2, -0.15) is 0 Å². The van der Waals surface area contributed by atoms with Crippen molar-refractivity contribution in [3.63, 3.8) is 0 Å². The Kier molecular flexibility index (Phi) is 5.63. The number of phenols is 1. The number of nitrogens with zero attached hydrogens (tertiary/aromatic N) is 1. The van der Waals surface area contributed by atoms with E-state index >= 15 is 0 Å². The first kappa shape index (κ1) is 17.8. The van der Waals surface area contributed by atoms with Crippen LogP contribution < -0.4 is 0 Å². The Labute approximate surface area is 153 Å². The molecule has 0 saturated heterocycles. The van der Waals surface area contributed by atoms with Crippen molar-refractivity contribution in [1.29, 1.82) is 0 Å². The number of rotatable bonds is 6. The molecule has 0 unspecified atom stereocenters. The zero-order chi connectivity index (χ0) is 17.8. The normalized spacial score (nSPS) is 11.2. The van der Waals surface area contributed by atoms with Crippen LogP contribution in [0.15, 0.2) is 47.1 Å². The number of hydrogen-bond donors (Lipinski definition) is 1. The van der Waals surface area contributed by atoms with E-state index in [-0.39, 0.29) is 18.2 Å². The zero-order valence-corrected chi connectivity index (χ0v) is 15.2. The fourth-order valence-electron chi connectivity index (χ4n) is 2.56. The third-order valence-electron chi connectivity index (χ3n) is 3.77. The average Bonchev–Trinajstić information content (AvgIpc) is 2.61. The van der Waals surface area contributed by atoms with Gasteiger partial charge in [-0.1, -0.05) is 28.1 Å². The molecule has 0 saturated carbocycles. The lowest BCUT2D eigenvalue weighted by atomic mass is 10.0. The van der Waals surface area contributed by atoms with Crippen LogP contribution in [0.4, 0.5) is 4.39 Å². The topological polar surface area (TPSA) is 51.6 Å². The van der Waals surface area contributed by atoms with Crippen molar-refractivity contribution in [2.45, 2.75) is 20.0 Å². The number of phenolic OH excluding ortho intramolecular Hbond substituents is 1. The molecule has 0 aliphatic heterocycles. The first-order valence-electron chi connectivity index (χ1n) is 7.86. The second-order valence-corrected chi connectivity index (χ2v) is 6.43. The predicted molar refractivity (Wildman–Crippen MR) is 96.7 cm³/mol. The monoisotopic (exact) mass is 405 g/mol. The highest BCUT2D eigenvalue weighted by molar-refractivity contribution is 9.10. The molecule has 130 valence electrons. The lowest BCUT2D eigenvalue weighted by molar-refractivity contribution is -0.300. The molecular weight excluding hydrogens is 389 g/mol. The van der Waals surface area contributed by atoms with E-state index in [0.29, 0.717) is 24.1 Å². The molecule has 1 heterocycles. The fraction of sp³-hybridized carbons (Fsp3) is 0.211. The molecule has 0 aliphatic rings. The van der Waals surface area contributed by atoms with E-state index in [4.69, 9.17) is 9.78 Å². The van der Waals surface area contributed by atoms with Crippen LogP contribution in [0.5, 0.6) is 5.75 Å². The first-order chi connectivity index (χ1) is 12.1. The van der Waals surface area contributed by atoms with Gasteiger partial charge in [0.25, 0.3) is 0 Å². The van der Waals surface area contributed by atoms with Gasteiger partial charge < -0.3 is 5.11 Å². The summed E-state index contributed by atoms with van der Waals surface area (Å²) in [6.07, 6.45) is 2.34. The van der Waals surface area contributed by atoms with Gasteiger partial charge in [0.2, 0.25) is 0 Å². The molecule has 1 aromatic heterocycles. The molecule has 0 spiro atoms. The lowest BCUT2D eigenvalue weighted by Gasteiger charge is -2.11. The molecular formula is C19H17BrFNO3. The maximum absolute atomic E-state index is 13.0. The van der Waals surface area contributed by atoms with Gasteiger partial charge in [-0.05, 0) is 48.7 Å². The Balaban J connectivity index is 1.91. The van der Waals surface area contributed by atoms with Crippen LogP contribution in [-0.4, -0.2) is 16.7 Å². The highest BCUT2D eigenvalue weighted by atomic mass is 79.9.